The van der Waals surface area contributed by atoms with E-state index in [1.807, 2.05) is 5.01 Å². The molecule has 3 nitrogen and oxygen atoms in total. The van der Waals surface area contributed by atoms with Gasteiger partial charge in [0.05, 0.1) is 17.5 Å². The molecule has 3 atom stereocenters. The number of anilines is 1. The number of aliphatic hydroxyl groups excluding tert-OH is 1. The van der Waals surface area contributed by atoms with Crippen LogP contribution in [0.25, 0.3) is 0 Å². The van der Waals surface area contributed by atoms with Crippen molar-refractivity contribution in [3.63, 3.8) is 0 Å². The van der Waals surface area contributed by atoms with Gasteiger partial charge < -0.3 is 10.5 Å². The lowest BCUT2D eigenvalue weighted by Crippen LogP contribution is -2.37. The van der Waals surface area contributed by atoms with Crippen molar-refractivity contribution in [2.45, 2.75) is 58.5 Å². The summed E-state index contributed by atoms with van der Waals surface area (Å²) in [7, 11) is 0. The summed E-state index contributed by atoms with van der Waals surface area (Å²) in [6, 6.07) is 6.57. The van der Waals surface area contributed by atoms with Crippen LogP contribution in [0.1, 0.15) is 52.4 Å². The van der Waals surface area contributed by atoms with Gasteiger partial charge in [0, 0.05) is 6.20 Å². The van der Waals surface area contributed by atoms with Gasteiger partial charge in [-0.15, -0.1) is 0 Å². The Kier molecular flexibility index (Phi) is 4.55. The number of aliphatic hydroxyl groups is 1. The number of nitrogens with one attached hydrogen (secondary N) is 1. The van der Waals surface area contributed by atoms with Gasteiger partial charge in [0.25, 0.3) is 0 Å². The van der Waals surface area contributed by atoms with Crippen molar-refractivity contribution in [2.24, 2.45) is 17.3 Å². The summed E-state index contributed by atoms with van der Waals surface area (Å²) in [6.07, 6.45) is 10.9. The average molecular weight is 356 g/mol. The van der Waals surface area contributed by atoms with Gasteiger partial charge in [0.15, 0.2) is 0 Å². The predicted molar refractivity (Wildman–Crippen MR) is 103 cm³/mol. The Morgan fingerprint density at radius 3 is 2.65 bits per heavy atom. The molecular formula is C22H29FN2O. The van der Waals surface area contributed by atoms with E-state index < -0.39 is 0 Å². The average Bonchev–Trinajstić information content (AvgIpc) is 3.26. The zero-order chi connectivity index (χ0) is 18.3. The second-order valence-corrected chi connectivity index (χ2v) is 8.60. The molecule has 2 N–H and O–H groups in total. The van der Waals surface area contributed by atoms with Crippen LogP contribution in [-0.2, 0) is 0 Å². The smallest absolute Gasteiger partial charge is 0.123 e. The van der Waals surface area contributed by atoms with Crippen molar-refractivity contribution in [1.29, 1.82) is 0 Å². The molecule has 1 heterocycles. The van der Waals surface area contributed by atoms with E-state index in [0.29, 0.717) is 11.8 Å². The van der Waals surface area contributed by atoms with E-state index in [9.17, 15) is 9.50 Å². The summed E-state index contributed by atoms with van der Waals surface area (Å²) in [4.78, 5) is 0. The van der Waals surface area contributed by atoms with Crippen molar-refractivity contribution in [1.82, 2.24) is 5.43 Å². The summed E-state index contributed by atoms with van der Waals surface area (Å²) in [6.45, 7) is 4.57. The molecule has 2 aliphatic carbocycles. The number of rotatable bonds is 4. The molecule has 0 spiro atoms. The van der Waals surface area contributed by atoms with Crippen molar-refractivity contribution in [3.8, 4) is 0 Å². The first kappa shape index (κ1) is 17.6. The molecular weight excluding hydrogens is 327 g/mol. The van der Waals surface area contributed by atoms with Crippen LogP contribution in [0.5, 0.6) is 0 Å². The lowest BCUT2D eigenvalue weighted by Gasteiger charge is -2.41. The zero-order valence-corrected chi connectivity index (χ0v) is 15.7. The molecule has 140 valence electrons. The molecule has 4 rings (SSSR count). The SMILES string of the molecule is C[C@@H]1C=C2C(=CNN2c2ccc(F)cc2)CC1(C)CC(O)C1CCCC1. The fraction of sp³-hybridized carbons (Fsp3) is 0.545. The highest BCUT2D eigenvalue weighted by Crippen LogP contribution is 2.49. The Morgan fingerprint density at radius 2 is 1.96 bits per heavy atom. The second-order valence-electron chi connectivity index (χ2n) is 8.60. The van der Waals surface area contributed by atoms with Crippen LogP contribution in [0, 0.1) is 23.1 Å². The minimum absolute atomic E-state index is 0.0673. The minimum atomic E-state index is -0.222. The van der Waals surface area contributed by atoms with Gasteiger partial charge in [-0.1, -0.05) is 32.8 Å². The van der Waals surface area contributed by atoms with E-state index in [-0.39, 0.29) is 17.3 Å². The second kappa shape index (κ2) is 6.73. The number of allylic oxidation sites excluding steroid dienone is 2. The van der Waals surface area contributed by atoms with Crippen LogP contribution in [0.4, 0.5) is 10.1 Å². The van der Waals surface area contributed by atoms with Crippen molar-refractivity contribution < 1.29 is 9.50 Å². The van der Waals surface area contributed by atoms with Gasteiger partial charge in [0.2, 0.25) is 0 Å². The Morgan fingerprint density at radius 1 is 1.27 bits per heavy atom. The van der Waals surface area contributed by atoms with Gasteiger partial charge in [-0.05, 0) is 72.8 Å². The van der Waals surface area contributed by atoms with E-state index >= 15 is 0 Å². The summed E-state index contributed by atoms with van der Waals surface area (Å²) in [5.41, 5.74) is 6.76. The normalized spacial score (nSPS) is 29.8. The Hall–Kier alpha value is -1.81. The Labute approximate surface area is 155 Å². The quantitative estimate of drug-likeness (QED) is 0.805. The van der Waals surface area contributed by atoms with E-state index in [0.717, 1.165) is 24.2 Å². The monoisotopic (exact) mass is 356 g/mol. The first-order valence-electron chi connectivity index (χ1n) is 9.87. The molecule has 0 radical (unpaired) electrons. The van der Waals surface area contributed by atoms with E-state index in [1.54, 1.807) is 12.1 Å². The standard InChI is InChI=1S/C22H29FN2O/c1-15-11-20-17(14-24-25(20)19-9-7-18(23)8-10-19)12-22(15,2)13-21(26)16-5-3-4-6-16/h7-11,14-16,21,24,26H,3-6,12-13H2,1-2H3/t15-,21?,22?/m1/s1. The van der Waals surface area contributed by atoms with Crippen molar-refractivity contribution >= 4 is 5.69 Å². The number of hydrogen-bond acceptors (Lipinski definition) is 3. The van der Waals surface area contributed by atoms with E-state index in [1.165, 1.54) is 43.4 Å². The van der Waals surface area contributed by atoms with Crippen LogP contribution in [0.15, 0.2) is 47.8 Å². The molecule has 3 aliphatic rings. The number of benzene rings is 1. The van der Waals surface area contributed by atoms with Crippen LogP contribution in [0.2, 0.25) is 0 Å². The van der Waals surface area contributed by atoms with E-state index in [4.69, 9.17) is 0 Å². The minimum Gasteiger partial charge on any atom is -0.393 e. The summed E-state index contributed by atoms with van der Waals surface area (Å²) in [5, 5.41) is 12.8. The zero-order valence-electron chi connectivity index (χ0n) is 15.7. The number of hydrazine groups is 1. The molecule has 2 unspecified atom stereocenters. The maximum Gasteiger partial charge on any atom is 0.123 e. The third kappa shape index (κ3) is 3.16. The highest BCUT2D eigenvalue weighted by molar-refractivity contribution is 5.60. The molecule has 0 aromatic heterocycles. The number of halogens is 1. The third-order valence-electron chi connectivity index (χ3n) is 6.74. The molecule has 0 saturated heterocycles. The largest absolute Gasteiger partial charge is 0.393 e. The Bertz CT molecular complexity index is 720. The van der Waals surface area contributed by atoms with Crippen molar-refractivity contribution in [3.05, 3.63) is 53.6 Å². The van der Waals surface area contributed by atoms with Gasteiger partial charge >= 0.3 is 0 Å². The molecule has 1 saturated carbocycles. The number of fused-ring (bicyclic) bond motifs is 1. The highest BCUT2D eigenvalue weighted by atomic mass is 19.1. The summed E-state index contributed by atoms with van der Waals surface area (Å²) in [5.74, 6) is 0.630. The molecule has 0 amide bonds. The number of nitrogens with zero attached hydrogens (tertiary/aromatic N) is 1. The highest BCUT2D eigenvalue weighted by Gasteiger charge is 2.41. The molecule has 1 aromatic carbocycles. The number of hydrogen-bond donors (Lipinski definition) is 2. The lowest BCUT2D eigenvalue weighted by molar-refractivity contribution is 0.0419. The van der Waals surface area contributed by atoms with E-state index in [2.05, 4.69) is 31.5 Å². The molecule has 1 fully saturated rings. The third-order valence-corrected chi connectivity index (χ3v) is 6.74. The van der Waals surface area contributed by atoms with Crippen LogP contribution in [-0.4, -0.2) is 11.2 Å². The fourth-order valence-corrected chi connectivity index (χ4v) is 4.84. The van der Waals surface area contributed by atoms with Crippen LogP contribution in [0.3, 0.4) is 0 Å². The first-order valence-corrected chi connectivity index (χ1v) is 9.87. The van der Waals surface area contributed by atoms with Crippen molar-refractivity contribution in [2.75, 3.05) is 5.01 Å². The van der Waals surface area contributed by atoms with Crippen LogP contribution < -0.4 is 10.4 Å². The van der Waals surface area contributed by atoms with Gasteiger partial charge in [-0.3, -0.25) is 5.01 Å². The topological polar surface area (TPSA) is 35.5 Å². The fourth-order valence-electron chi connectivity index (χ4n) is 4.84. The molecule has 1 aliphatic heterocycles. The maximum absolute atomic E-state index is 13.2. The summed E-state index contributed by atoms with van der Waals surface area (Å²) >= 11 is 0. The Balaban J connectivity index is 1.53. The van der Waals surface area contributed by atoms with Gasteiger partial charge in [0.1, 0.15) is 5.82 Å². The maximum atomic E-state index is 13.2. The van der Waals surface area contributed by atoms with Gasteiger partial charge in [-0.2, -0.15) is 0 Å². The molecule has 26 heavy (non-hydrogen) atoms. The molecule has 0 bridgehead atoms. The summed E-state index contributed by atoms with van der Waals surface area (Å²) < 4.78 is 13.2. The lowest BCUT2D eigenvalue weighted by atomic mass is 9.65. The van der Waals surface area contributed by atoms with Crippen LogP contribution >= 0.6 is 0 Å². The first-order chi connectivity index (χ1) is 12.5. The van der Waals surface area contributed by atoms with Gasteiger partial charge in [-0.25, -0.2) is 4.39 Å². The predicted octanol–water partition coefficient (Wildman–Crippen LogP) is 4.91. The molecule has 1 aromatic rings. The molecule has 4 heteroatoms.